The van der Waals surface area contributed by atoms with Crippen molar-refractivity contribution < 1.29 is 54.6 Å². The molecule has 288 valence electrons. The summed E-state index contributed by atoms with van der Waals surface area (Å²) in [4.78, 5) is 54.0. The summed E-state index contributed by atoms with van der Waals surface area (Å²) in [5.74, 6) is -2.84. The Bertz CT molecular complexity index is 2200. The van der Waals surface area contributed by atoms with Gasteiger partial charge in [0.05, 0.1) is 49.1 Å². The predicted molar refractivity (Wildman–Crippen MR) is 175 cm³/mol. The van der Waals surface area contributed by atoms with Gasteiger partial charge in [0.25, 0.3) is 5.56 Å². The highest BCUT2D eigenvalue weighted by molar-refractivity contribution is 5.88. The number of likely N-dealkylation sites (tertiary alicyclic amines) is 1. The molecule has 1 unspecified atom stereocenters. The van der Waals surface area contributed by atoms with E-state index in [1.54, 1.807) is 4.90 Å². The van der Waals surface area contributed by atoms with Gasteiger partial charge in [-0.1, -0.05) is 18.2 Å². The molecule has 1 saturated heterocycles. The van der Waals surface area contributed by atoms with Crippen molar-refractivity contribution in [2.75, 3.05) is 18.4 Å². The number of nitrogens with one attached hydrogen (secondary N) is 2. The molecule has 4 heterocycles. The van der Waals surface area contributed by atoms with Gasteiger partial charge in [-0.25, -0.2) is 14.0 Å². The number of alkyl halides is 6. The largest absolute Gasteiger partial charge is 0.465 e. The van der Waals surface area contributed by atoms with Gasteiger partial charge in [0.2, 0.25) is 11.7 Å². The van der Waals surface area contributed by atoms with Crippen LogP contribution >= 0.6 is 0 Å². The molecule has 2 aromatic heterocycles. The molecule has 4 aromatic rings. The number of rotatable bonds is 9. The Labute approximate surface area is 300 Å². The number of hydrogen-bond donors (Lipinski definition) is 3. The van der Waals surface area contributed by atoms with E-state index in [9.17, 15) is 50.6 Å². The molecule has 3 N–H and O–H groups in total. The number of carbonyl (C=O) groups excluding carboxylic acids is 1. The monoisotopic (exact) mass is 767 g/mol. The number of carbonyl (C=O) groups is 2. The van der Waals surface area contributed by atoms with Crippen molar-refractivity contribution in [1.29, 1.82) is 0 Å². The molecule has 12 nitrogen and oxygen atoms in total. The fourth-order valence-electron chi connectivity index (χ4n) is 7.00. The number of ether oxygens (including phenoxy) is 1. The van der Waals surface area contributed by atoms with Crippen molar-refractivity contribution in [3.8, 4) is 0 Å². The van der Waals surface area contributed by atoms with Gasteiger partial charge in [-0.3, -0.25) is 23.6 Å². The van der Waals surface area contributed by atoms with Crippen LogP contribution in [0.5, 0.6) is 0 Å². The zero-order chi connectivity index (χ0) is 39.2. The Morgan fingerprint density at radius 2 is 1.65 bits per heavy atom. The number of benzene rings is 2. The zero-order valence-corrected chi connectivity index (χ0v) is 28.3. The van der Waals surface area contributed by atoms with E-state index in [0.29, 0.717) is 10.6 Å². The van der Waals surface area contributed by atoms with E-state index in [0.717, 1.165) is 22.8 Å². The third-order valence-electron chi connectivity index (χ3n) is 9.47. The number of anilines is 1. The average Bonchev–Trinajstić information content (AvgIpc) is 3.71. The van der Waals surface area contributed by atoms with Crippen LogP contribution < -0.4 is 21.9 Å². The number of furan rings is 1. The number of piperidine rings is 1. The third-order valence-corrected chi connectivity index (χ3v) is 9.47. The van der Waals surface area contributed by atoms with E-state index in [4.69, 9.17) is 9.15 Å². The van der Waals surface area contributed by atoms with Gasteiger partial charge < -0.3 is 24.9 Å². The quantitative estimate of drug-likeness (QED) is 0.181. The minimum atomic E-state index is -5.02. The van der Waals surface area contributed by atoms with E-state index in [2.05, 4.69) is 10.6 Å². The SMILES string of the molecule is CC(=O)Nc1cccc(C(Cn2c(=O)c3c(n(Cc4c(F)cccc4C(F)(F)F)c2=O)COC32CCN(Cc3ccc(C(F)(F)F)o3)CC2)NC(=O)O)c1. The Kier molecular flexibility index (Phi) is 10.2. The van der Waals surface area contributed by atoms with Crippen LogP contribution in [0.3, 0.4) is 0 Å². The van der Waals surface area contributed by atoms with Crippen molar-refractivity contribution in [3.05, 3.63) is 121 Å². The molecule has 54 heavy (non-hydrogen) atoms. The summed E-state index contributed by atoms with van der Waals surface area (Å²) in [6.45, 7) is -0.518. The number of hydrogen-bond acceptors (Lipinski definition) is 7. The number of halogens is 7. The first-order chi connectivity index (χ1) is 25.4. The van der Waals surface area contributed by atoms with Crippen LogP contribution in [-0.4, -0.2) is 44.2 Å². The lowest BCUT2D eigenvalue weighted by atomic mass is 9.85. The van der Waals surface area contributed by atoms with Crippen LogP contribution in [0, 0.1) is 5.82 Å². The Balaban J connectivity index is 1.43. The van der Waals surface area contributed by atoms with Crippen LogP contribution in [0.2, 0.25) is 0 Å². The molecular formula is C35H32F7N5O7. The van der Waals surface area contributed by atoms with Crippen LogP contribution in [0.4, 0.5) is 41.2 Å². The van der Waals surface area contributed by atoms with E-state index in [-0.39, 0.29) is 60.7 Å². The zero-order valence-electron chi connectivity index (χ0n) is 28.3. The number of fused-ring (bicyclic) bond motifs is 2. The maximum atomic E-state index is 15.2. The summed E-state index contributed by atoms with van der Waals surface area (Å²) in [6, 6.07) is 8.87. The molecule has 6 rings (SSSR count). The van der Waals surface area contributed by atoms with E-state index in [1.165, 1.54) is 37.3 Å². The summed E-state index contributed by atoms with van der Waals surface area (Å²) < 4.78 is 109. The van der Waals surface area contributed by atoms with Gasteiger partial charge in [0.1, 0.15) is 17.2 Å². The molecule has 0 aliphatic carbocycles. The Hall–Kier alpha value is -5.43. The van der Waals surface area contributed by atoms with Gasteiger partial charge in [0.15, 0.2) is 0 Å². The summed E-state index contributed by atoms with van der Waals surface area (Å²) in [5.41, 5.74) is -5.44. The molecule has 1 atom stereocenters. The molecule has 0 radical (unpaired) electrons. The Morgan fingerprint density at radius 1 is 0.944 bits per heavy atom. The molecule has 1 spiro atoms. The molecule has 2 aliphatic heterocycles. The second-order valence-electron chi connectivity index (χ2n) is 13.0. The normalized spacial score (nSPS) is 16.3. The fourth-order valence-corrected chi connectivity index (χ4v) is 7.00. The lowest BCUT2D eigenvalue weighted by molar-refractivity contribution is -0.153. The van der Waals surface area contributed by atoms with Crippen LogP contribution in [-0.2, 0) is 53.7 Å². The van der Waals surface area contributed by atoms with Crippen molar-refractivity contribution in [2.45, 2.75) is 70.0 Å². The van der Waals surface area contributed by atoms with Crippen molar-refractivity contribution in [1.82, 2.24) is 19.4 Å². The molecular weight excluding hydrogens is 735 g/mol. The predicted octanol–water partition coefficient (Wildman–Crippen LogP) is 5.82. The summed E-state index contributed by atoms with van der Waals surface area (Å²) >= 11 is 0. The smallest absolute Gasteiger partial charge is 0.449 e. The summed E-state index contributed by atoms with van der Waals surface area (Å²) in [7, 11) is 0. The topological polar surface area (TPSA) is 148 Å². The third kappa shape index (κ3) is 7.77. The Morgan fingerprint density at radius 3 is 2.28 bits per heavy atom. The summed E-state index contributed by atoms with van der Waals surface area (Å²) in [5, 5.41) is 14.5. The molecule has 2 amide bonds. The number of carboxylic acid groups (broad SMARTS) is 1. The molecule has 2 aliphatic rings. The molecule has 0 bridgehead atoms. The van der Waals surface area contributed by atoms with Crippen LogP contribution in [0.15, 0.2) is 68.6 Å². The van der Waals surface area contributed by atoms with Crippen LogP contribution in [0.1, 0.15) is 65.3 Å². The van der Waals surface area contributed by atoms with Crippen molar-refractivity contribution >= 4 is 17.7 Å². The van der Waals surface area contributed by atoms with Crippen LogP contribution in [0.25, 0.3) is 0 Å². The fraction of sp³-hybridized carbons (Fsp3) is 0.371. The van der Waals surface area contributed by atoms with E-state index < -0.39 is 89.6 Å². The number of aromatic nitrogens is 2. The van der Waals surface area contributed by atoms with Gasteiger partial charge in [-0.05, 0) is 54.8 Å². The average molecular weight is 768 g/mol. The second kappa shape index (κ2) is 14.4. The highest BCUT2D eigenvalue weighted by Crippen LogP contribution is 2.43. The molecule has 2 aromatic carbocycles. The van der Waals surface area contributed by atoms with Gasteiger partial charge in [0, 0.05) is 31.3 Å². The lowest BCUT2D eigenvalue weighted by Gasteiger charge is -2.38. The van der Waals surface area contributed by atoms with Crippen molar-refractivity contribution in [3.63, 3.8) is 0 Å². The second-order valence-corrected chi connectivity index (χ2v) is 13.0. The first-order valence-electron chi connectivity index (χ1n) is 16.5. The highest BCUT2D eigenvalue weighted by Gasteiger charge is 2.48. The number of nitrogens with zero attached hydrogens (tertiary/aromatic N) is 3. The molecule has 1 fully saturated rings. The molecule has 0 saturated carbocycles. The first-order valence-corrected chi connectivity index (χ1v) is 16.5. The standard InChI is InChI=1S/C35H32F7N5O7/c1-19(48)43-21-5-2-4-20(14-21)26(44-31(50)51)17-47-30(49)29-27(46(32(47)52)16-23-24(34(37,38)39)6-3-7-25(23)36)18-53-33(29)10-12-45(13-11-33)15-22-8-9-28(54-22)35(40,41)42/h2-9,14,26,44H,10-13,15-18H2,1H3,(H,43,48)(H,50,51). The minimum Gasteiger partial charge on any atom is -0.465 e. The van der Waals surface area contributed by atoms with E-state index in [1.807, 2.05) is 0 Å². The molecule has 19 heteroatoms. The maximum absolute atomic E-state index is 15.2. The van der Waals surface area contributed by atoms with Gasteiger partial charge in [-0.15, -0.1) is 0 Å². The lowest BCUT2D eigenvalue weighted by Crippen LogP contribution is -2.50. The number of amides is 2. The minimum absolute atomic E-state index is 0.0175. The summed E-state index contributed by atoms with van der Waals surface area (Å²) in [6.07, 6.45) is -11.1. The van der Waals surface area contributed by atoms with Crippen molar-refractivity contribution in [2.24, 2.45) is 0 Å². The van der Waals surface area contributed by atoms with Gasteiger partial charge >= 0.3 is 24.1 Å². The van der Waals surface area contributed by atoms with Gasteiger partial charge in [-0.2, -0.15) is 26.3 Å². The van der Waals surface area contributed by atoms with E-state index >= 15 is 4.39 Å². The maximum Gasteiger partial charge on any atom is 0.449 e. The highest BCUT2D eigenvalue weighted by atomic mass is 19.4. The first kappa shape index (κ1) is 38.3.